The Labute approximate surface area is 128 Å². The molecule has 0 amide bonds. The number of halogens is 1. The van der Waals surface area contributed by atoms with E-state index in [1.165, 1.54) is 0 Å². The largest absolute Gasteiger partial charge is 0.398 e. The van der Waals surface area contributed by atoms with Gasteiger partial charge in [0.1, 0.15) is 0 Å². The van der Waals surface area contributed by atoms with E-state index in [4.69, 9.17) is 5.73 Å². The van der Waals surface area contributed by atoms with Gasteiger partial charge in [0.25, 0.3) is 0 Å². The number of rotatable bonds is 2. The van der Waals surface area contributed by atoms with E-state index in [-0.39, 0.29) is 10.8 Å². The summed E-state index contributed by atoms with van der Waals surface area (Å²) in [6.07, 6.45) is 1.82. The molecule has 20 heavy (non-hydrogen) atoms. The van der Waals surface area contributed by atoms with Gasteiger partial charge in [-0.1, -0.05) is 27.7 Å². The summed E-state index contributed by atoms with van der Waals surface area (Å²) in [7, 11) is 0. The normalized spacial score (nSPS) is 20.1. The van der Waals surface area contributed by atoms with Gasteiger partial charge in [0.15, 0.2) is 0 Å². The third-order valence-electron chi connectivity index (χ3n) is 5.17. The van der Waals surface area contributed by atoms with Crippen LogP contribution in [-0.4, -0.2) is 11.0 Å². The van der Waals surface area contributed by atoms with Crippen LogP contribution in [-0.2, 0) is 0 Å². The molecule has 1 aliphatic carbocycles. The maximum atomic E-state index is 6.06. The lowest BCUT2D eigenvalue weighted by atomic mass is 10.0. The van der Waals surface area contributed by atoms with Gasteiger partial charge in [-0.2, -0.15) is 0 Å². The molecule has 3 nitrogen and oxygen atoms in total. The third-order valence-corrected chi connectivity index (χ3v) is 5.60. The van der Waals surface area contributed by atoms with Crippen LogP contribution in [0.15, 0.2) is 28.9 Å². The second-order valence-corrected chi connectivity index (χ2v) is 7.69. The number of nitrogens with zero attached hydrogens (tertiary/aromatic N) is 1. The number of anilines is 2. The van der Waals surface area contributed by atoms with Gasteiger partial charge in [0.05, 0.1) is 11.2 Å². The van der Waals surface area contributed by atoms with Crippen molar-refractivity contribution in [2.75, 3.05) is 11.1 Å². The SMILES string of the molecule is CC1(C)C(Nc2ccc(N)c3cc(Br)cnc23)C1(C)C. The summed E-state index contributed by atoms with van der Waals surface area (Å²) in [4.78, 5) is 4.53. The van der Waals surface area contributed by atoms with Crippen LogP contribution in [0.1, 0.15) is 27.7 Å². The fourth-order valence-corrected chi connectivity index (χ4v) is 3.38. The van der Waals surface area contributed by atoms with E-state index in [0.717, 1.165) is 26.8 Å². The standard InChI is InChI=1S/C16H20BrN3/c1-15(2)14(16(15,3)4)20-12-6-5-11(18)10-7-9(17)8-19-13(10)12/h5-8,14,20H,18H2,1-4H3. The molecule has 1 aromatic carbocycles. The van der Waals surface area contributed by atoms with Gasteiger partial charge in [-0.3, -0.25) is 4.98 Å². The summed E-state index contributed by atoms with van der Waals surface area (Å²) in [6, 6.07) is 6.45. The predicted octanol–water partition coefficient (Wildman–Crippen LogP) is 4.43. The van der Waals surface area contributed by atoms with Crippen molar-refractivity contribution in [3.05, 3.63) is 28.9 Å². The summed E-state index contributed by atoms with van der Waals surface area (Å²) in [5.41, 5.74) is 9.39. The van der Waals surface area contributed by atoms with Gasteiger partial charge in [-0.15, -0.1) is 0 Å². The van der Waals surface area contributed by atoms with Crippen molar-refractivity contribution in [1.29, 1.82) is 0 Å². The van der Waals surface area contributed by atoms with E-state index in [0.29, 0.717) is 6.04 Å². The van der Waals surface area contributed by atoms with Crippen molar-refractivity contribution in [1.82, 2.24) is 4.98 Å². The first-order chi connectivity index (χ1) is 9.25. The quantitative estimate of drug-likeness (QED) is 0.799. The average molecular weight is 334 g/mol. The van der Waals surface area contributed by atoms with Gasteiger partial charge in [-0.25, -0.2) is 0 Å². The van der Waals surface area contributed by atoms with Gasteiger partial charge in [-0.05, 0) is 45.0 Å². The molecule has 1 aromatic heterocycles. The molecule has 2 aromatic rings. The lowest BCUT2D eigenvalue weighted by Crippen LogP contribution is -2.10. The number of aromatic nitrogens is 1. The van der Waals surface area contributed by atoms with Crippen LogP contribution in [0, 0.1) is 10.8 Å². The van der Waals surface area contributed by atoms with Crippen LogP contribution in [0.3, 0.4) is 0 Å². The van der Waals surface area contributed by atoms with Crippen LogP contribution in [0.5, 0.6) is 0 Å². The minimum Gasteiger partial charge on any atom is -0.398 e. The Bertz CT molecular complexity index is 677. The summed E-state index contributed by atoms with van der Waals surface area (Å²) >= 11 is 3.45. The number of hydrogen-bond donors (Lipinski definition) is 2. The molecule has 0 unspecified atom stereocenters. The first-order valence-corrected chi connectivity index (χ1v) is 7.65. The van der Waals surface area contributed by atoms with Gasteiger partial charge in [0, 0.05) is 27.8 Å². The lowest BCUT2D eigenvalue weighted by Gasteiger charge is -2.12. The van der Waals surface area contributed by atoms with Gasteiger partial charge >= 0.3 is 0 Å². The van der Waals surface area contributed by atoms with Gasteiger partial charge < -0.3 is 11.1 Å². The van der Waals surface area contributed by atoms with Crippen molar-refractivity contribution in [3.8, 4) is 0 Å². The van der Waals surface area contributed by atoms with E-state index in [9.17, 15) is 0 Å². The second-order valence-electron chi connectivity index (χ2n) is 6.77. The van der Waals surface area contributed by atoms with Crippen molar-refractivity contribution < 1.29 is 0 Å². The van der Waals surface area contributed by atoms with E-state index in [1.54, 1.807) is 0 Å². The highest BCUT2D eigenvalue weighted by Crippen LogP contribution is 2.63. The molecule has 4 heteroatoms. The van der Waals surface area contributed by atoms with Crippen LogP contribution >= 0.6 is 15.9 Å². The van der Waals surface area contributed by atoms with Gasteiger partial charge in [0.2, 0.25) is 0 Å². The number of fused-ring (bicyclic) bond motifs is 1. The van der Waals surface area contributed by atoms with Crippen molar-refractivity contribution >= 4 is 38.2 Å². The molecule has 0 atom stereocenters. The Morgan fingerprint density at radius 3 is 2.45 bits per heavy atom. The molecule has 3 N–H and O–H groups in total. The second kappa shape index (κ2) is 4.10. The Balaban J connectivity index is 2.04. The van der Waals surface area contributed by atoms with Crippen LogP contribution in [0.25, 0.3) is 10.9 Å². The molecular formula is C16H20BrN3. The molecule has 1 aliphatic rings. The molecule has 1 saturated carbocycles. The highest BCUT2D eigenvalue weighted by molar-refractivity contribution is 9.10. The molecule has 1 fully saturated rings. The number of pyridine rings is 1. The third kappa shape index (κ3) is 1.81. The molecule has 106 valence electrons. The van der Waals surface area contributed by atoms with E-state index >= 15 is 0 Å². The number of nitrogen functional groups attached to an aromatic ring is 1. The minimum atomic E-state index is 0.288. The molecule has 0 radical (unpaired) electrons. The van der Waals surface area contributed by atoms with Crippen LogP contribution in [0.2, 0.25) is 0 Å². The molecule has 0 saturated heterocycles. The number of hydrogen-bond acceptors (Lipinski definition) is 3. The van der Waals surface area contributed by atoms with E-state index in [2.05, 4.69) is 53.9 Å². The number of nitrogens with two attached hydrogens (primary N) is 1. The Hall–Kier alpha value is -1.29. The average Bonchev–Trinajstić information content (AvgIpc) is 2.75. The zero-order valence-corrected chi connectivity index (χ0v) is 13.9. The zero-order chi connectivity index (χ0) is 14.7. The minimum absolute atomic E-state index is 0.288. The summed E-state index contributed by atoms with van der Waals surface area (Å²) in [5.74, 6) is 0. The fourth-order valence-electron chi connectivity index (χ4n) is 3.04. The number of nitrogens with one attached hydrogen (secondary N) is 1. The summed E-state index contributed by atoms with van der Waals surface area (Å²) in [6.45, 7) is 9.20. The smallest absolute Gasteiger partial charge is 0.0954 e. The predicted molar refractivity (Wildman–Crippen MR) is 88.8 cm³/mol. The summed E-state index contributed by atoms with van der Waals surface area (Å²) < 4.78 is 0.945. The molecule has 0 spiro atoms. The maximum Gasteiger partial charge on any atom is 0.0954 e. The Kier molecular flexibility index (Phi) is 2.81. The lowest BCUT2D eigenvalue weighted by molar-refractivity contribution is 0.457. The van der Waals surface area contributed by atoms with Crippen molar-refractivity contribution in [2.24, 2.45) is 10.8 Å². The maximum absolute atomic E-state index is 6.06. The fraction of sp³-hybridized carbons (Fsp3) is 0.438. The molecule has 3 rings (SSSR count). The van der Waals surface area contributed by atoms with Crippen LogP contribution in [0.4, 0.5) is 11.4 Å². The van der Waals surface area contributed by atoms with Crippen molar-refractivity contribution in [2.45, 2.75) is 33.7 Å². The topological polar surface area (TPSA) is 50.9 Å². The highest BCUT2D eigenvalue weighted by Gasteiger charge is 2.65. The molecule has 1 heterocycles. The van der Waals surface area contributed by atoms with E-state index < -0.39 is 0 Å². The molecule has 0 aliphatic heterocycles. The van der Waals surface area contributed by atoms with Crippen LogP contribution < -0.4 is 11.1 Å². The highest BCUT2D eigenvalue weighted by atomic mass is 79.9. The Morgan fingerprint density at radius 2 is 1.85 bits per heavy atom. The molecule has 0 bridgehead atoms. The van der Waals surface area contributed by atoms with E-state index in [1.807, 2.05) is 24.4 Å². The first kappa shape index (κ1) is 13.7. The first-order valence-electron chi connectivity index (χ1n) is 6.85. The summed E-state index contributed by atoms with van der Waals surface area (Å²) in [5, 5.41) is 4.64. The number of benzene rings is 1. The van der Waals surface area contributed by atoms with Crippen molar-refractivity contribution in [3.63, 3.8) is 0 Å². The molecular weight excluding hydrogens is 314 g/mol. The zero-order valence-electron chi connectivity index (χ0n) is 12.3. The monoisotopic (exact) mass is 333 g/mol. The Morgan fingerprint density at radius 1 is 1.20 bits per heavy atom.